The Morgan fingerprint density at radius 2 is 0.852 bits per heavy atom. The Bertz CT molecular complexity index is 2920. The SMILES string of the molecule is c1ccc(-c2ccccc2N(c2ccc(-c3ccc(-c4cccc(-c5ccc6ccccc6c5)c4)cc3)cc2)c2cccc3sc4ccccc4c23)cc1. The first-order chi connectivity index (χ1) is 26.8. The van der Waals surface area contributed by atoms with Gasteiger partial charge in [0.1, 0.15) is 0 Å². The monoisotopic (exact) mass is 705 g/mol. The number of benzene rings is 9. The zero-order valence-electron chi connectivity index (χ0n) is 29.6. The molecule has 10 aromatic rings. The molecular weight excluding hydrogens is 671 g/mol. The predicted octanol–water partition coefficient (Wildman–Crippen LogP) is 15.3. The Balaban J connectivity index is 1.02. The molecule has 0 saturated carbocycles. The van der Waals surface area contributed by atoms with Gasteiger partial charge in [-0.15, -0.1) is 11.3 Å². The van der Waals surface area contributed by atoms with Gasteiger partial charge in [-0.3, -0.25) is 0 Å². The zero-order valence-corrected chi connectivity index (χ0v) is 30.4. The Hall–Kier alpha value is -6.74. The maximum atomic E-state index is 2.44. The van der Waals surface area contributed by atoms with Crippen molar-refractivity contribution in [2.24, 2.45) is 0 Å². The Morgan fingerprint density at radius 3 is 1.67 bits per heavy atom. The van der Waals surface area contributed by atoms with E-state index >= 15 is 0 Å². The molecule has 54 heavy (non-hydrogen) atoms. The number of hydrogen-bond donors (Lipinski definition) is 0. The lowest BCUT2D eigenvalue weighted by molar-refractivity contribution is 1.30. The van der Waals surface area contributed by atoms with Crippen molar-refractivity contribution in [1.82, 2.24) is 0 Å². The summed E-state index contributed by atoms with van der Waals surface area (Å²) >= 11 is 1.86. The summed E-state index contributed by atoms with van der Waals surface area (Å²) in [6.07, 6.45) is 0. The van der Waals surface area contributed by atoms with Gasteiger partial charge in [-0.1, -0.05) is 164 Å². The third kappa shape index (κ3) is 5.84. The van der Waals surface area contributed by atoms with Gasteiger partial charge >= 0.3 is 0 Å². The molecule has 0 N–H and O–H groups in total. The lowest BCUT2D eigenvalue weighted by Gasteiger charge is -2.29. The van der Waals surface area contributed by atoms with Crippen molar-refractivity contribution < 1.29 is 0 Å². The van der Waals surface area contributed by atoms with E-state index in [2.05, 4.69) is 217 Å². The topological polar surface area (TPSA) is 3.24 Å². The molecule has 1 heterocycles. The minimum atomic E-state index is 1.12. The molecule has 0 spiro atoms. The largest absolute Gasteiger partial charge is 0.309 e. The molecule has 0 atom stereocenters. The maximum Gasteiger partial charge on any atom is 0.0555 e. The van der Waals surface area contributed by atoms with Crippen molar-refractivity contribution in [3.63, 3.8) is 0 Å². The van der Waals surface area contributed by atoms with Gasteiger partial charge in [0, 0.05) is 31.4 Å². The van der Waals surface area contributed by atoms with Crippen LogP contribution in [0.4, 0.5) is 17.1 Å². The van der Waals surface area contributed by atoms with Crippen LogP contribution in [0, 0.1) is 0 Å². The predicted molar refractivity (Wildman–Crippen MR) is 233 cm³/mol. The quantitative estimate of drug-likeness (QED) is 0.160. The minimum absolute atomic E-state index is 1.12. The van der Waals surface area contributed by atoms with Crippen LogP contribution >= 0.6 is 11.3 Å². The molecule has 0 radical (unpaired) electrons. The molecule has 254 valence electrons. The van der Waals surface area contributed by atoms with Gasteiger partial charge < -0.3 is 4.90 Å². The van der Waals surface area contributed by atoms with E-state index in [1.54, 1.807) is 0 Å². The molecule has 0 bridgehead atoms. The molecule has 9 aromatic carbocycles. The van der Waals surface area contributed by atoms with Crippen LogP contribution in [0.25, 0.3) is 75.5 Å². The molecule has 0 aliphatic rings. The van der Waals surface area contributed by atoms with Crippen molar-refractivity contribution in [3.8, 4) is 44.5 Å². The summed E-state index contributed by atoms with van der Waals surface area (Å²) in [5, 5.41) is 5.09. The highest BCUT2D eigenvalue weighted by molar-refractivity contribution is 7.26. The summed E-state index contributed by atoms with van der Waals surface area (Å²) in [4.78, 5) is 2.44. The van der Waals surface area contributed by atoms with E-state index in [0.717, 1.165) is 11.4 Å². The van der Waals surface area contributed by atoms with E-state index in [4.69, 9.17) is 0 Å². The first kappa shape index (κ1) is 32.0. The lowest BCUT2D eigenvalue weighted by atomic mass is 9.96. The molecule has 0 amide bonds. The first-order valence-corrected chi connectivity index (χ1v) is 19.2. The average molecular weight is 706 g/mol. The van der Waals surface area contributed by atoms with E-state index in [-0.39, 0.29) is 0 Å². The third-order valence-electron chi connectivity index (χ3n) is 10.5. The fraction of sp³-hybridized carbons (Fsp3) is 0. The van der Waals surface area contributed by atoms with Gasteiger partial charge in [0.2, 0.25) is 0 Å². The van der Waals surface area contributed by atoms with E-state index < -0.39 is 0 Å². The molecule has 0 aliphatic carbocycles. The number of thiophene rings is 1. The molecular formula is C52H35NS. The highest BCUT2D eigenvalue weighted by Crippen LogP contribution is 2.47. The molecule has 0 unspecified atom stereocenters. The zero-order chi connectivity index (χ0) is 35.8. The Morgan fingerprint density at radius 1 is 0.315 bits per heavy atom. The van der Waals surface area contributed by atoms with Crippen molar-refractivity contribution >= 4 is 59.3 Å². The normalized spacial score (nSPS) is 11.3. The van der Waals surface area contributed by atoms with Crippen LogP contribution in [0.3, 0.4) is 0 Å². The number of anilines is 3. The summed E-state index contributed by atoms with van der Waals surface area (Å²) in [5.74, 6) is 0. The van der Waals surface area contributed by atoms with Crippen LogP contribution in [0.5, 0.6) is 0 Å². The summed E-state index contributed by atoms with van der Waals surface area (Å²) in [5.41, 5.74) is 13.1. The number of fused-ring (bicyclic) bond motifs is 4. The minimum Gasteiger partial charge on any atom is -0.309 e. The highest BCUT2D eigenvalue weighted by Gasteiger charge is 2.21. The van der Waals surface area contributed by atoms with Gasteiger partial charge in [0.15, 0.2) is 0 Å². The smallest absolute Gasteiger partial charge is 0.0555 e. The second kappa shape index (κ2) is 13.7. The second-order valence-corrected chi connectivity index (χ2v) is 14.8. The van der Waals surface area contributed by atoms with Crippen LogP contribution in [-0.4, -0.2) is 0 Å². The molecule has 0 fully saturated rings. The van der Waals surface area contributed by atoms with Crippen LogP contribution in [-0.2, 0) is 0 Å². The van der Waals surface area contributed by atoms with Gasteiger partial charge in [0.05, 0.1) is 11.4 Å². The molecule has 10 rings (SSSR count). The van der Waals surface area contributed by atoms with Gasteiger partial charge in [-0.25, -0.2) is 0 Å². The van der Waals surface area contributed by atoms with Crippen molar-refractivity contribution in [1.29, 1.82) is 0 Å². The highest BCUT2D eigenvalue weighted by atomic mass is 32.1. The molecule has 1 aromatic heterocycles. The Kier molecular flexibility index (Phi) is 8.09. The first-order valence-electron chi connectivity index (χ1n) is 18.4. The average Bonchev–Trinajstić information content (AvgIpc) is 3.64. The molecule has 0 aliphatic heterocycles. The van der Waals surface area contributed by atoms with E-state index in [9.17, 15) is 0 Å². The summed E-state index contributed by atoms with van der Waals surface area (Å²) < 4.78 is 2.59. The van der Waals surface area contributed by atoms with Crippen LogP contribution < -0.4 is 4.90 Å². The van der Waals surface area contributed by atoms with Gasteiger partial charge in [-0.2, -0.15) is 0 Å². The van der Waals surface area contributed by atoms with Crippen molar-refractivity contribution in [2.45, 2.75) is 0 Å². The number of rotatable bonds is 7. The molecule has 0 saturated heterocycles. The summed E-state index contributed by atoms with van der Waals surface area (Å²) in [6.45, 7) is 0. The number of nitrogens with zero attached hydrogens (tertiary/aromatic N) is 1. The van der Waals surface area contributed by atoms with Crippen LogP contribution in [0.1, 0.15) is 0 Å². The Labute approximate surface area is 319 Å². The second-order valence-electron chi connectivity index (χ2n) is 13.7. The van der Waals surface area contributed by atoms with E-state index in [1.165, 1.54) is 81.1 Å². The molecule has 2 heteroatoms. The fourth-order valence-corrected chi connectivity index (χ4v) is 8.91. The summed E-state index contributed by atoms with van der Waals surface area (Å²) in [7, 11) is 0. The van der Waals surface area contributed by atoms with Gasteiger partial charge in [-0.05, 0) is 98.2 Å². The van der Waals surface area contributed by atoms with E-state index in [1.807, 2.05) is 11.3 Å². The van der Waals surface area contributed by atoms with E-state index in [0.29, 0.717) is 0 Å². The standard InChI is InChI=1S/C52H35NS/c1-2-13-40(14-3-1)46-18-6-8-20-48(46)53(49-21-11-23-51-52(49)47-19-7-9-22-50(47)54-51)45-32-30-38(31-33-45)37-24-26-39(27-25-37)42-16-10-17-43(34-42)44-29-28-36-12-4-5-15-41(36)35-44/h1-35H. The van der Waals surface area contributed by atoms with Crippen molar-refractivity contribution in [3.05, 3.63) is 212 Å². The number of para-hydroxylation sites is 1. The lowest BCUT2D eigenvalue weighted by Crippen LogP contribution is -2.11. The van der Waals surface area contributed by atoms with Crippen LogP contribution in [0.15, 0.2) is 212 Å². The fourth-order valence-electron chi connectivity index (χ4n) is 7.79. The third-order valence-corrected chi connectivity index (χ3v) is 11.6. The summed E-state index contributed by atoms with van der Waals surface area (Å²) in [6, 6.07) is 77.1. The van der Waals surface area contributed by atoms with Gasteiger partial charge in [0.25, 0.3) is 0 Å². The maximum absolute atomic E-state index is 2.44. The van der Waals surface area contributed by atoms with Crippen molar-refractivity contribution in [2.75, 3.05) is 4.90 Å². The molecule has 1 nitrogen and oxygen atoms in total. The van der Waals surface area contributed by atoms with Crippen LogP contribution in [0.2, 0.25) is 0 Å². The number of hydrogen-bond acceptors (Lipinski definition) is 2.